The number of hydrogen-bond acceptors (Lipinski definition) is 2. The smallest absolute Gasteiger partial charge is 0.106 e. The minimum atomic E-state index is 0.750. The monoisotopic (exact) mass is 57.0 g/mol. The van der Waals surface area contributed by atoms with Gasteiger partial charge in [0.05, 0.1) is 0 Å². The largest absolute Gasteiger partial charge is 0.268 e. The van der Waals surface area contributed by atoms with Crippen LogP contribution < -0.4 is 5.84 Å². The van der Waals surface area contributed by atoms with Crippen molar-refractivity contribution >= 4 is 0 Å². The van der Waals surface area contributed by atoms with Crippen molar-refractivity contribution in [2.24, 2.45) is 5.84 Å². The maximum atomic E-state index is 6.19. The van der Waals surface area contributed by atoms with E-state index in [1.54, 1.807) is 0 Å². The van der Waals surface area contributed by atoms with Gasteiger partial charge in [-0.05, 0) is 0 Å². The van der Waals surface area contributed by atoms with Crippen LogP contribution >= 0.6 is 0 Å². The Labute approximate surface area is 26.2 Å². The van der Waals surface area contributed by atoms with Crippen molar-refractivity contribution in [3.63, 3.8) is 0 Å². The topological polar surface area (TPSA) is 29.3 Å². The zero-order valence-corrected chi connectivity index (χ0v) is 2.52. The molecular weight excluding hydrogens is 52.0 g/mol. The van der Waals surface area contributed by atoms with E-state index in [9.17, 15) is 0 Å². The second-order valence-corrected chi connectivity index (χ2v) is 0.611. The van der Waals surface area contributed by atoms with Crippen LogP contribution in [0.3, 0.4) is 0 Å². The first kappa shape index (κ1) is 3.92. The second kappa shape index (κ2) is 1.26. The van der Waals surface area contributed by atoms with E-state index in [1.807, 2.05) is 0 Å². The molecule has 0 aromatic rings. The minimum absolute atomic E-state index is 0.750. The zero-order valence-electron chi connectivity index (χ0n) is 2.52. The molecule has 0 rings (SSSR count). The molecule has 0 saturated carbocycles. The lowest BCUT2D eigenvalue weighted by molar-refractivity contribution is 0.478. The first-order valence-corrected chi connectivity index (χ1v) is 0.929. The SMILES string of the molecule is [C]N(C)N. The Morgan fingerprint density at radius 2 is 2.00 bits per heavy atom. The molecule has 0 spiro atoms. The van der Waals surface area contributed by atoms with Gasteiger partial charge in [-0.2, -0.15) is 0 Å². The van der Waals surface area contributed by atoms with Gasteiger partial charge in [0.1, 0.15) is 7.05 Å². The van der Waals surface area contributed by atoms with E-state index in [0.29, 0.717) is 0 Å². The highest BCUT2D eigenvalue weighted by molar-refractivity contribution is 4.16. The van der Waals surface area contributed by atoms with Crippen molar-refractivity contribution in [2.45, 2.75) is 0 Å². The number of rotatable bonds is 0. The zero-order chi connectivity index (χ0) is 3.58. The van der Waals surface area contributed by atoms with Crippen LogP contribution in [0.4, 0.5) is 0 Å². The van der Waals surface area contributed by atoms with Crippen LogP contribution in [0.5, 0.6) is 0 Å². The molecule has 0 bridgehead atoms. The van der Waals surface area contributed by atoms with Crippen molar-refractivity contribution in [1.82, 2.24) is 5.01 Å². The van der Waals surface area contributed by atoms with Crippen LogP contribution in [-0.2, 0) is 0 Å². The summed E-state index contributed by atoms with van der Waals surface area (Å²) < 4.78 is 0. The Kier molecular flexibility index (Phi) is 1.24. The average Bonchev–Trinajstić information content (AvgIpc) is 0.811. The van der Waals surface area contributed by atoms with Gasteiger partial charge in [0.15, 0.2) is 0 Å². The first-order chi connectivity index (χ1) is 1.73. The molecule has 0 aromatic heterocycles. The van der Waals surface area contributed by atoms with Gasteiger partial charge in [-0.15, -0.1) is 0 Å². The molecule has 2 nitrogen and oxygen atoms in total. The molecule has 0 amide bonds. The third-order valence-corrected chi connectivity index (χ3v) is 0. The molecule has 0 aromatic carbocycles. The Morgan fingerprint density at radius 1 is 2.00 bits per heavy atom. The van der Waals surface area contributed by atoms with Gasteiger partial charge in [0.25, 0.3) is 0 Å². The third-order valence-electron chi connectivity index (χ3n) is 0. The fraction of sp³-hybridized carbons (Fsp3) is 0.500. The molecule has 4 heavy (non-hydrogen) atoms. The predicted molar refractivity (Wildman–Crippen MR) is 15.2 cm³/mol. The molecule has 2 N–H and O–H groups in total. The second-order valence-electron chi connectivity index (χ2n) is 0.611. The maximum Gasteiger partial charge on any atom is 0.106 e. The number of hydrogen-bond donors (Lipinski definition) is 1. The molecule has 0 saturated heterocycles. The Bertz CT molecular complexity index is 8.75. The van der Waals surface area contributed by atoms with Gasteiger partial charge in [0, 0.05) is 7.05 Å². The Hall–Kier alpha value is -0.0800. The number of nitrogens with two attached hydrogens (primary N) is 1. The standard InChI is InChI=1S/C2H5N2/c1-4(2)3/h3H2,1H3. The van der Waals surface area contributed by atoms with E-state index in [2.05, 4.69) is 5.84 Å². The lowest BCUT2D eigenvalue weighted by Crippen LogP contribution is -2.16. The summed E-state index contributed by atoms with van der Waals surface area (Å²) in [5.41, 5.74) is 0. The van der Waals surface area contributed by atoms with E-state index in [-0.39, 0.29) is 0 Å². The fourth-order valence-corrected chi connectivity index (χ4v) is 0. The van der Waals surface area contributed by atoms with Gasteiger partial charge in [-0.1, -0.05) is 0 Å². The van der Waals surface area contributed by atoms with E-state index in [4.69, 9.17) is 7.05 Å². The van der Waals surface area contributed by atoms with Gasteiger partial charge in [-0.25, -0.2) is 5.01 Å². The highest BCUT2D eigenvalue weighted by atomic mass is 15.4. The van der Waals surface area contributed by atoms with E-state index < -0.39 is 0 Å². The summed E-state index contributed by atoms with van der Waals surface area (Å²) in [5, 5.41) is 0.750. The quantitative estimate of drug-likeness (QED) is 0.295. The summed E-state index contributed by atoms with van der Waals surface area (Å²) in [5.74, 6) is 4.61. The predicted octanol–water partition coefficient (Wildman–Crippen LogP) is -0.663. The van der Waals surface area contributed by atoms with Crippen LogP contribution in [0.15, 0.2) is 0 Å². The van der Waals surface area contributed by atoms with E-state index >= 15 is 0 Å². The van der Waals surface area contributed by atoms with Crippen molar-refractivity contribution in [1.29, 1.82) is 0 Å². The number of hydrazine groups is 1. The first-order valence-electron chi connectivity index (χ1n) is 0.929. The van der Waals surface area contributed by atoms with Gasteiger partial charge in [-0.3, -0.25) is 5.84 Å². The summed E-state index contributed by atoms with van der Waals surface area (Å²) in [4.78, 5) is 0. The summed E-state index contributed by atoms with van der Waals surface area (Å²) in [6, 6.07) is 0. The molecule has 3 radical (unpaired) electrons. The number of nitrogens with zero attached hydrogens (tertiary/aromatic N) is 1. The van der Waals surface area contributed by atoms with Crippen molar-refractivity contribution in [3.05, 3.63) is 7.05 Å². The van der Waals surface area contributed by atoms with Gasteiger partial charge >= 0.3 is 0 Å². The summed E-state index contributed by atoms with van der Waals surface area (Å²) in [7, 11) is 7.64. The molecular formula is C2H5N2. The van der Waals surface area contributed by atoms with Crippen LogP contribution in [0.25, 0.3) is 0 Å². The normalized spacial score (nSPS) is 9.00. The van der Waals surface area contributed by atoms with Crippen LogP contribution in [0.1, 0.15) is 0 Å². The summed E-state index contributed by atoms with van der Waals surface area (Å²) in [6.45, 7) is 0. The molecule has 2 heteroatoms. The highest BCUT2D eigenvalue weighted by Crippen LogP contribution is 1.44. The van der Waals surface area contributed by atoms with Crippen molar-refractivity contribution in [2.75, 3.05) is 7.05 Å². The Balaban J connectivity index is 2.32. The average molecular weight is 57.1 g/mol. The Morgan fingerprint density at radius 3 is 2.00 bits per heavy atom. The van der Waals surface area contributed by atoms with Crippen molar-refractivity contribution < 1.29 is 0 Å². The van der Waals surface area contributed by atoms with Crippen LogP contribution in [0, 0.1) is 7.05 Å². The molecule has 0 atom stereocenters. The third kappa shape index (κ3) is 254. The molecule has 0 fully saturated rings. The van der Waals surface area contributed by atoms with E-state index in [0.717, 1.165) is 5.01 Å². The van der Waals surface area contributed by atoms with Crippen LogP contribution in [0.2, 0.25) is 0 Å². The van der Waals surface area contributed by atoms with Crippen LogP contribution in [-0.4, -0.2) is 12.1 Å². The molecule has 0 aliphatic carbocycles. The molecule has 0 heterocycles. The molecule has 0 unspecified atom stereocenters. The molecule has 0 aliphatic heterocycles. The maximum absolute atomic E-state index is 6.19. The molecule has 0 aliphatic rings. The van der Waals surface area contributed by atoms with Gasteiger partial charge < -0.3 is 0 Å². The fourth-order valence-electron chi connectivity index (χ4n) is 0. The lowest BCUT2D eigenvalue weighted by Gasteiger charge is -1.89. The van der Waals surface area contributed by atoms with E-state index in [1.165, 1.54) is 7.05 Å². The minimum Gasteiger partial charge on any atom is -0.268 e. The lowest BCUT2D eigenvalue weighted by atomic mass is 11.2. The highest BCUT2D eigenvalue weighted by Gasteiger charge is 1.60. The molecule has 23 valence electrons. The van der Waals surface area contributed by atoms with Gasteiger partial charge in [0.2, 0.25) is 0 Å². The van der Waals surface area contributed by atoms with Crippen molar-refractivity contribution in [3.8, 4) is 0 Å². The summed E-state index contributed by atoms with van der Waals surface area (Å²) in [6.07, 6.45) is 0. The summed E-state index contributed by atoms with van der Waals surface area (Å²) >= 11 is 0.